The molecular formula is C11H15N5. The van der Waals surface area contributed by atoms with Crippen molar-refractivity contribution < 1.29 is 0 Å². The average Bonchev–Trinajstić information content (AvgIpc) is 2.79. The first-order valence-electron chi connectivity index (χ1n) is 5.24. The van der Waals surface area contributed by atoms with E-state index in [0.29, 0.717) is 0 Å². The number of nitrogens with zero attached hydrogens (tertiary/aromatic N) is 2. The van der Waals surface area contributed by atoms with Gasteiger partial charge in [-0.1, -0.05) is 18.2 Å². The van der Waals surface area contributed by atoms with Crippen molar-refractivity contribution in [3.63, 3.8) is 0 Å². The molecule has 0 spiro atoms. The highest BCUT2D eigenvalue weighted by Gasteiger charge is 1.98. The van der Waals surface area contributed by atoms with Crippen molar-refractivity contribution in [2.75, 3.05) is 12.3 Å². The summed E-state index contributed by atoms with van der Waals surface area (Å²) in [5.74, 6) is 0.897. The van der Waals surface area contributed by atoms with Crippen LogP contribution in [0.25, 0.3) is 0 Å². The normalized spacial score (nSPS) is 10.5. The first-order chi connectivity index (χ1) is 7.86. The van der Waals surface area contributed by atoms with Crippen LogP contribution in [0.5, 0.6) is 0 Å². The number of para-hydroxylation sites is 1. The van der Waals surface area contributed by atoms with Gasteiger partial charge in [0.1, 0.15) is 12.2 Å². The Hall–Kier alpha value is -1.88. The molecule has 84 valence electrons. The fraction of sp³-hybridized carbons (Fsp3) is 0.273. The molecule has 2 rings (SSSR count). The lowest BCUT2D eigenvalue weighted by Gasteiger charge is -2.06. The Kier molecular flexibility index (Phi) is 3.50. The van der Waals surface area contributed by atoms with Crippen LogP contribution < -0.4 is 11.1 Å². The number of nitrogens with two attached hydrogens (primary N) is 1. The van der Waals surface area contributed by atoms with Crippen LogP contribution in [0.1, 0.15) is 11.4 Å². The predicted molar refractivity (Wildman–Crippen MR) is 62.6 cm³/mol. The molecule has 0 bridgehead atoms. The monoisotopic (exact) mass is 217 g/mol. The molecule has 16 heavy (non-hydrogen) atoms. The fourth-order valence-electron chi connectivity index (χ4n) is 1.48. The van der Waals surface area contributed by atoms with Gasteiger partial charge in [0.2, 0.25) is 0 Å². The summed E-state index contributed by atoms with van der Waals surface area (Å²) in [5, 5.41) is 9.92. The number of anilines is 1. The largest absolute Gasteiger partial charge is 0.398 e. The number of aromatic nitrogens is 3. The van der Waals surface area contributed by atoms with Gasteiger partial charge in [-0.2, -0.15) is 5.10 Å². The Morgan fingerprint density at radius 3 is 2.94 bits per heavy atom. The number of hydrogen-bond donors (Lipinski definition) is 3. The number of H-pyrrole nitrogens is 1. The van der Waals surface area contributed by atoms with E-state index in [1.807, 2.05) is 24.3 Å². The minimum absolute atomic E-state index is 0.779. The van der Waals surface area contributed by atoms with Crippen molar-refractivity contribution in [3.8, 4) is 0 Å². The Morgan fingerprint density at radius 2 is 2.19 bits per heavy atom. The minimum Gasteiger partial charge on any atom is -0.398 e. The first-order valence-corrected chi connectivity index (χ1v) is 5.24. The lowest BCUT2D eigenvalue weighted by atomic mass is 10.2. The van der Waals surface area contributed by atoms with E-state index in [1.165, 1.54) is 6.33 Å². The molecular weight excluding hydrogens is 202 g/mol. The number of aromatic amines is 1. The number of nitrogen functional groups attached to an aromatic ring is 1. The van der Waals surface area contributed by atoms with Crippen molar-refractivity contribution in [2.24, 2.45) is 0 Å². The van der Waals surface area contributed by atoms with Crippen LogP contribution in [0.4, 0.5) is 5.69 Å². The predicted octanol–water partition coefficient (Wildman–Crippen LogP) is 0.719. The minimum atomic E-state index is 0.779. The average molecular weight is 217 g/mol. The lowest BCUT2D eigenvalue weighted by molar-refractivity contribution is 0.672. The summed E-state index contributed by atoms with van der Waals surface area (Å²) in [4.78, 5) is 4.05. The van der Waals surface area contributed by atoms with Gasteiger partial charge in [-0.15, -0.1) is 0 Å². The zero-order valence-corrected chi connectivity index (χ0v) is 8.98. The SMILES string of the molecule is Nc1ccccc1CNCCc1ncn[nH]1. The Labute approximate surface area is 94.1 Å². The highest BCUT2D eigenvalue weighted by molar-refractivity contribution is 5.46. The Balaban J connectivity index is 1.74. The number of nitrogens with one attached hydrogen (secondary N) is 2. The highest BCUT2D eigenvalue weighted by atomic mass is 15.2. The van der Waals surface area contributed by atoms with Gasteiger partial charge in [0.25, 0.3) is 0 Å². The summed E-state index contributed by atoms with van der Waals surface area (Å²) >= 11 is 0. The summed E-state index contributed by atoms with van der Waals surface area (Å²) in [6.07, 6.45) is 2.36. The molecule has 0 aliphatic carbocycles. The quantitative estimate of drug-likeness (QED) is 0.509. The second-order valence-electron chi connectivity index (χ2n) is 3.56. The van der Waals surface area contributed by atoms with Crippen LogP contribution in [-0.2, 0) is 13.0 Å². The van der Waals surface area contributed by atoms with E-state index >= 15 is 0 Å². The van der Waals surface area contributed by atoms with Crippen LogP contribution in [0.15, 0.2) is 30.6 Å². The second-order valence-corrected chi connectivity index (χ2v) is 3.56. The van der Waals surface area contributed by atoms with E-state index < -0.39 is 0 Å². The van der Waals surface area contributed by atoms with Gasteiger partial charge in [0.15, 0.2) is 0 Å². The lowest BCUT2D eigenvalue weighted by Crippen LogP contribution is -2.18. The molecule has 5 heteroatoms. The van der Waals surface area contributed by atoms with Gasteiger partial charge in [-0.05, 0) is 11.6 Å². The third kappa shape index (κ3) is 2.80. The molecule has 2 aromatic rings. The summed E-state index contributed by atoms with van der Waals surface area (Å²) in [7, 11) is 0. The van der Waals surface area contributed by atoms with Crippen molar-refractivity contribution in [3.05, 3.63) is 42.0 Å². The number of hydrogen-bond acceptors (Lipinski definition) is 4. The molecule has 0 saturated heterocycles. The van der Waals surface area contributed by atoms with E-state index in [4.69, 9.17) is 5.73 Å². The number of benzene rings is 1. The summed E-state index contributed by atoms with van der Waals surface area (Å²) in [6, 6.07) is 7.86. The molecule has 1 aromatic carbocycles. The molecule has 1 heterocycles. The summed E-state index contributed by atoms with van der Waals surface area (Å²) in [5.41, 5.74) is 7.78. The molecule has 0 aliphatic rings. The third-order valence-corrected chi connectivity index (χ3v) is 2.37. The first kappa shape index (κ1) is 10.6. The van der Waals surface area contributed by atoms with E-state index in [2.05, 4.69) is 20.5 Å². The Morgan fingerprint density at radius 1 is 1.31 bits per heavy atom. The van der Waals surface area contributed by atoms with Gasteiger partial charge < -0.3 is 11.1 Å². The maximum atomic E-state index is 5.83. The van der Waals surface area contributed by atoms with Crippen molar-refractivity contribution >= 4 is 5.69 Å². The van der Waals surface area contributed by atoms with E-state index in [0.717, 1.165) is 36.6 Å². The molecule has 0 saturated carbocycles. The molecule has 0 fully saturated rings. The van der Waals surface area contributed by atoms with Crippen LogP contribution in [-0.4, -0.2) is 21.7 Å². The molecule has 0 radical (unpaired) electrons. The smallest absolute Gasteiger partial charge is 0.137 e. The Bertz CT molecular complexity index is 424. The maximum absolute atomic E-state index is 5.83. The van der Waals surface area contributed by atoms with Crippen molar-refractivity contribution in [1.82, 2.24) is 20.5 Å². The summed E-state index contributed by atoms with van der Waals surface area (Å²) < 4.78 is 0. The van der Waals surface area contributed by atoms with E-state index in [1.54, 1.807) is 0 Å². The van der Waals surface area contributed by atoms with Crippen LogP contribution >= 0.6 is 0 Å². The molecule has 1 aromatic heterocycles. The van der Waals surface area contributed by atoms with Crippen LogP contribution in [0.2, 0.25) is 0 Å². The van der Waals surface area contributed by atoms with Crippen molar-refractivity contribution in [1.29, 1.82) is 0 Å². The molecule has 5 nitrogen and oxygen atoms in total. The summed E-state index contributed by atoms with van der Waals surface area (Å²) in [6.45, 7) is 1.63. The molecule has 0 unspecified atom stereocenters. The van der Waals surface area contributed by atoms with Gasteiger partial charge in [0, 0.05) is 25.2 Å². The van der Waals surface area contributed by atoms with Gasteiger partial charge >= 0.3 is 0 Å². The van der Waals surface area contributed by atoms with Crippen LogP contribution in [0, 0.1) is 0 Å². The zero-order valence-electron chi connectivity index (χ0n) is 8.98. The maximum Gasteiger partial charge on any atom is 0.137 e. The van der Waals surface area contributed by atoms with Gasteiger partial charge in [-0.3, -0.25) is 5.10 Å². The zero-order chi connectivity index (χ0) is 11.2. The topological polar surface area (TPSA) is 79.6 Å². The fourth-order valence-corrected chi connectivity index (χ4v) is 1.48. The van der Waals surface area contributed by atoms with E-state index in [-0.39, 0.29) is 0 Å². The standard InChI is InChI=1S/C11H15N5/c12-10-4-2-1-3-9(10)7-13-6-5-11-14-8-15-16-11/h1-4,8,13H,5-7,12H2,(H,14,15,16). The highest BCUT2D eigenvalue weighted by Crippen LogP contribution is 2.09. The molecule has 0 amide bonds. The van der Waals surface area contributed by atoms with Crippen LogP contribution in [0.3, 0.4) is 0 Å². The number of rotatable bonds is 5. The van der Waals surface area contributed by atoms with Gasteiger partial charge in [-0.25, -0.2) is 4.98 Å². The van der Waals surface area contributed by atoms with Gasteiger partial charge in [0.05, 0.1) is 0 Å². The third-order valence-electron chi connectivity index (χ3n) is 2.37. The molecule has 0 atom stereocenters. The van der Waals surface area contributed by atoms with E-state index in [9.17, 15) is 0 Å². The molecule has 0 aliphatic heterocycles. The molecule has 4 N–H and O–H groups in total. The van der Waals surface area contributed by atoms with Crippen molar-refractivity contribution in [2.45, 2.75) is 13.0 Å². The second kappa shape index (κ2) is 5.27.